The molecule has 5 heteroatoms. The van der Waals surface area contributed by atoms with E-state index < -0.39 is 0 Å². The van der Waals surface area contributed by atoms with Gasteiger partial charge in [0.2, 0.25) is 0 Å². The molecule has 1 atom stereocenters. The molecule has 1 amide bonds. The smallest absolute Gasteiger partial charge is 0.257 e. The molecule has 1 aromatic rings. The summed E-state index contributed by atoms with van der Waals surface area (Å²) in [7, 11) is 1.57. The first-order valence-corrected chi connectivity index (χ1v) is 7.27. The van der Waals surface area contributed by atoms with Crippen molar-refractivity contribution in [3.63, 3.8) is 0 Å². The topological polar surface area (TPSA) is 73.6 Å². The van der Waals surface area contributed by atoms with Crippen molar-refractivity contribution in [2.75, 3.05) is 20.3 Å². The number of nitrogens with two attached hydrogens (primary N) is 1. The molecular weight excluding hydrogens is 268 g/mol. The second-order valence-corrected chi connectivity index (χ2v) is 5.52. The van der Waals surface area contributed by atoms with Gasteiger partial charge in [-0.05, 0) is 37.0 Å². The first kappa shape index (κ1) is 17.3. The fourth-order valence-electron chi connectivity index (χ4n) is 1.78. The molecule has 0 fully saturated rings. The van der Waals surface area contributed by atoms with Crippen LogP contribution in [0.25, 0.3) is 0 Å². The Bertz CT molecular complexity index is 459. The van der Waals surface area contributed by atoms with Crippen LogP contribution in [-0.2, 0) is 4.79 Å². The average molecular weight is 294 g/mol. The Morgan fingerprint density at radius 2 is 2.00 bits per heavy atom. The first-order chi connectivity index (χ1) is 9.93. The maximum absolute atomic E-state index is 11.7. The molecule has 0 spiro atoms. The number of hydrogen-bond acceptors (Lipinski definition) is 4. The summed E-state index contributed by atoms with van der Waals surface area (Å²) < 4.78 is 10.8. The molecule has 0 saturated carbocycles. The van der Waals surface area contributed by atoms with Gasteiger partial charge in [0.05, 0.1) is 7.11 Å². The van der Waals surface area contributed by atoms with E-state index in [0.29, 0.717) is 24.0 Å². The maximum Gasteiger partial charge on any atom is 0.257 e. The number of benzene rings is 1. The minimum absolute atomic E-state index is 0.0218. The number of rotatable bonds is 8. The van der Waals surface area contributed by atoms with Crippen LogP contribution >= 0.6 is 0 Å². The van der Waals surface area contributed by atoms with E-state index in [1.807, 2.05) is 19.1 Å². The summed E-state index contributed by atoms with van der Waals surface area (Å²) in [6.07, 6.45) is 0.956. The molecule has 0 radical (unpaired) electrons. The molecule has 5 nitrogen and oxygen atoms in total. The Labute approximate surface area is 126 Å². The maximum atomic E-state index is 11.7. The van der Waals surface area contributed by atoms with Gasteiger partial charge in [0.1, 0.15) is 0 Å². The van der Waals surface area contributed by atoms with Gasteiger partial charge in [-0.15, -0.1) is 0 Å². The van der Waals surface area contributed by atoms with Crippen LogP contribution < -0.4 is 20.5 Å². The highest BCUT2D eigenvalue weighted by Gasteiger charge is 2.10. The summed E-state index contributed by atoms with van der Waals surface area (Å²) in [6.45, 7) is 6.78. The lowest BCUT2D eigenvalue weighted by Gasteiger charge is -2.13. The molecule has 21 heavy (non-hydrogen) atoms. The van der Waals surface area contributed by atoms with Crippen LogP contribution in [0.4, 0.5) is 0 Å². The highest BCUT2D eigenvalue weighted by molar-refractivity contribution is 5.77. The normalized spacial score (nSPS) is 12.1. The number of carbonyl (C=O) groups is 1. The van der Waals surface area contributed by atoms with Crippen molar-refractivity contribution in [2.24, 2.45) is 11.7 Å². The molecule has 0 aliphatic carbocycles. The first-order valence-electron chi connectivity index (χ1n) is 7.27. The van der Waals surface area contributed by atoms with E-state index in [-0.39, 0.29) is 18.6 Å². The SMILES string of the molecule is COc1cc(C(C)N)ccc1OCC(=O)NCCC(C)C. The van der Waals surface area contributed by atoms with Crippen LogP contribution in [0.15, 0.2) is 18.2 Å². The van der Waals surface area contributed by atoms with Crippen molar-refractivity contribution < 1.29 is 14.3 Å². The third-order valence-electron chi connectivity index (χ3n) is 3.12. The van der Waals surface area contributed by atoms with Crippen molar-refractivity contribution in [1.82, 2.24) is 5.32 Å². The molecule has 1 unspecified atom stereocenters. The van der Waals surface area contributed by atoms with E-state index >= 15 is 0 Å². The Balaban J connectivity index is 2.53. The predicted molar refractivity (Wildman–Crippen MR) is 83.6 cm³/mol. The monoisotopic (exact) mass is 294 g/mol. The van der Waals surface area contributed by atoms with E-state index in [0.717, 1.165) is 12.0 Å². The number of carbonyl (C=O) groups excluding carboxylic acids is 1. The zero-order valence-corrected chi connectivity index (χ0v) is 13.3. The molecule has 0 aliphatic rings. The van der Waals surface area contributed by atoms with Crippen molar-refractivity contribution in [3.8, 4) is 11.5 Å². The fourth-order valence-corrected chi connectivity index (χ4v) is 1.78. The number of hydrogen-bond donors (Lipinski definition) is 2. The van der Waals surface area contributed by atoms with Crippen molar-refractivity contribution in [1.29, 1.82) is 0 Å². The summed E-state index contributed by atoms with van der Waals surface area (Å²) in [5.41, 5.74) is 6.79. The molecule has 118 valence electrons. The summed E-state index contributed by atoms with van der Waals surface area (Å²) >= 11 is 0. The Morgan fingerprint density at radius 3 is 2.57 bits per heavy atom. The van der Waals surface area contributed by atoms with Crippen LogP contribution in [0.1, 0.15) is 38.8 Å². The van der Waals surface area contributed by atoms with E-state index in [1.54, 1.807) is 13.2 Å². The molecule has 0 saturated heterocycles. The number of methoxy groups -OCH3 is 1. The molecule has 1 aromatic carbocycles. The average Bonchev–Trinajstić information content (AvgIpc) is 2.44. The van der Waals surface area contributed by atoms with Crippen molar-refractivity contribution in [3.05, 3.63) is 23.8 Å². The molecule has 0 heterocycles. The highest BCUT2D eigenvalue weighted by Crippen LogP contribution is 2.29. The van der Waals surface area contributed by atoms with Crippen LogP contribution in [0.2, 0.25) is 0 Å². The number of ether oxygens (including phenoxy) is 2. The lowest BCUT2D eigenvalue weighted by atomic mass is 10.1. The molecule has 0 aromatic heterocycles. The molecule has 0 bridgehead atoms. The predicted octanol–water partition coefficient (Wildman–Crippen LogP) is 2.26. The zero-order chi connectivity index (χ0) is 15.8. The minimum atomic E-state index is -0.131. The largest absolute Gasteiger partial charge is 0.493 e. The highest BCUT2D eigenvalue weighted by atomic mass is 16.5. The van der Waals surface area contributed by atoms with Crippen LogP contribution in [0.5, 0.6) is 11.5 Å². The standard InChI is InChI=1S/C16H26N2O3/c1-11(2)7-8-18-16(19)10-21-14-6-5-13(12(3)17)9-15(14)20-4/h5-6,9,11-12H,7-8,10,17H2,1-4H3,(H,18,19). The zero-order valence-electron chi connectivity index (χ0n) is 13.3. The molecule has 3 N–H and O–H groups in total. The van der Waals surface area contributed by atoms with Crippen molar-refractivity contribution in [2.45, 2.75) is 33.2 Å². The van der Waals surface area contributed by atoms with Gasteiger partial charge in [0.15, 0.2) is 18.1 Å². The second-order valence-electron chi connectivity index (χ2n) is 5.52. The van der Waals surface area contributed by atoms with E-state index in [2.05, 4.69) is 19.2 Å². The Kier molecular flexibility index (Phi) is 7.02. The van der Waals surface area contributed by atoms with Crippen LogP contribution in [-0.4, -0.2) is 26.2 Å². The van der Waals surface area contributed by atoms with Gasteiger partial charge in [0, 0.05) is 12.6 Å². The van der Waals surface area contributed by atoms with Crippen molar-refractivity contribution >= 4 is 5.91 Å². The van der Waals surface area contributed by atoms with Gasteiger partial charge in [-0.25, -0.2) is 0 Å². The fraction of sp³-hybridized carbons (Fsp3) is 0.562. The van der Waals surface area contributed by atoms with Gasteiger partial charge < -0.3 is 20.5 Å². The number of amides is 1. The minimum Gasteiger partial charge on any atom is -0.493 e. The molecular formula is C16H26N2O3. The molecule has 0 aliphatic heterocycles. The second kappa shape index (κ2) is 8.52. The Morgan fingerprint density at radius 1 is 1.29 bits per heavy atom. The Hall–Kier alpha value is -1.75. The van der Waals surface area contributed by atoms with Gasteiger partial charge in [-0.3, -0.25) is 4.79 Å². The van der Waals surface area contributed by atoms with Gasteiger partial charge in [-0.1, -0.05) is 19.9 Å². The molecule has 1 rings (SSSR count). The lowest BCUT2D eigenvalue weighted by Crippen LogP contribution is -2.30. The quantitative estimate of drug-likeness (QED) is 0.771. The number of nitrogens with one attached hydrogen (secondary N) is 1. The summed E-state index contributed by atoms with van der Waals surface area (Å²) in [4.78, 5) is 11.7. The third kappa shape index (κ3) is 6.04. The van der Waals surface area contributed by atoms with E-state index in [4.69, 9.17) is 15.2 Å². The van der Waals surface area contributed by atoms with Gasteiger partial charge >= 0.3 is 0 Å². The van der Waals surface area contributed by atoms with Crippen LogP contribution in [0, 0.1) is 5.92 Å². The third-order valence-corrected chi connectivity index (χ3v) is 3.12. The van der Waals surface area contributed by atoms with Gasteiger partial charge in [0.25, 0.3) is 5.91 Å². The lowest BCUT2D eigenvalue weighted by molar-refractivity contribution is -0.123. The van der Waals surface area contributed by atoms with E-state index in [9.17, 15) is 4.79 Å². The summed E-state index contributed by atoms with van der Waals surface area (Å²) in [5.74, 6) is 1.56. The summed E-state index contributed by atoms with van der Waals surface area (Å²) in [5, 5.41) is 2.83. The van der Waals surface area contributed by atoms with Crippen LogP contribution in [0.3, 0.4) is 0 Å². The van der Waals surface area contributed by atoms with E-state index in [1.165, 1.54) is 0 Å². The summed E-state index contributed by atoms with van der Waals surface area (Å²) in [6, 6.07) is 5.40. The van der Waals surface area contributed by atoms with Gasteiger partial charge in [-0.2, -0.15) is 0 Å².